The van der Waals surface area contributed by atoms with Crippen molar-refractivity contribution in [2.75, 3.05) is 12.4 Å². The van der Waals surface area contributed by atoms with Crippen molar-refractivity contribution in [1.29, 1.82) is 0 Å². The van der Waals surface area contributed by atoms with Gasteiger partial charge >= 0.3 is 6.03 Å². The zero-order valence-electron chi connectivity index (χ0n) is 14.8. The van der Waals surface area contributed by atoms with Crippen LogP contribution in [0.25, 0.3) is 0 Å². The zero-order chi connectivity index (χ0) is 18.4. The van der Waals surface area contributed by atoms with Gasteiger partial charge in [-0.25, -0.2) is 4.79 Å². The molecule has 0 fully saturated rings. The van der Waals surface area contributed by atoms with Gasteiger partial charge in [0, 0.05) is 18.9 Å². The number of urea groups is 1. The number of pyridine rings is 1. The van der Waals surface area contributed by atoms with E-state index < -0.39 is 0 Å². The number of hydrogen-bond donors (Lipinski definition) is 1. The fourth-order valence-electron chi connectivity index (χ4n) is 2.45. The molecule has 0 unspecified atom stereocenters. The molecule has 2 amide bonds. The summed E-state index contributed by atoms with van der Waals surface area (Å²) in [7, 11) is 1.74. The zero-order valence-corrected chi connectivity index (χ0v) is 14.8. The van der Waals surface area contributed by atoms with Crippen LogP contribution in [0.5, 0.6) is 11.5 Å². The molecule has 1 N–H and O–H groups in total. The quantitative estimate of drug-likeness (QED) is 0.718. The minimum absolute atomic E-state index is 0.192. The van der Waals surface area contributed by atoms with E-state index in [9.17, 15) is 4.79 Å². The highest BCUT2D eigenvalue weighted by Gasteiger charge is 2.10. The van der Waals surface area contributed by atoms with Gasteiger partial charge in [0.05, 0.1) is 12.2 Å². The van der Waals surface area contributed by atoms with Crippen molar-refractivity contribution in [2.24, 2.45) is 0 Å². The van der Waals surface area contributed by atoms with Crippen molar-refractivity contribution in [1.82, 2.24) is 9.88 Å². The maximum absolute atomic E-state index is 12.3. The average molecular weight is 347 g/mol. The van der Waals surface area contributed by atoms with Crippen LogP contribution in [0.1, 0.15) is 11.3 Å². The summed E-state index contributed by atoms with van der Waals surface area (Å²) in [6.07, 6.45) is 1.72. The predicted octanol–water partition coefficient (Wildman–Crippen LogP) is 4.85. The van der Waals surface area contributed by atoms with Crippen LogP contribution < -0.4 is 10.1 Å². The van der Waals surface area contributed by atoms with E-state index in [0.29, 0.717) is 12.2 Å². The second-order valence-electron chi connectivity index (χ2n) is 6.05. The summed E-state index contributed by atoms with van der Waals surface area (Å²) >= 11 is 0. The smallest absolute Gasteiger partial charge is 0.321 e. The summed E-state index contributed by atoms with van der Waals surface area (Å²) in [4.78, 5) is 18.1. The molecular weight excluding hydrogens is 326 g/mol. The molecule has 0 atom stereocenters. The van der Waals surface area contributed by atoms with E-state index in [4.69, 9.17) is 4.74 Å². The molecular formula is C21H21N3O2. The van der Waals surface area contributed by atoms with E-state index in [1.54, 1.807) is 18.1 Å². The van der Waals surface area contributed by atoms with Gasteiger partial charge in [0.25, 0.3) is 0 Å². The lowest BCUT2D eigenvalue weighted by atomic mass is 10.2. The van der Waals surface area contributed by atoms with E-state index in [-0.39, 0.29) is 6.03 Å². The molecule has 3 aromatic rings. The lowest BCUT2D eigenvalue weighted by Crippen LogP contribution is -2.31. The number of carbonyl (C=O) groups is 1. The molecule has 0 aliphatic carbocycles. The second kappa shape index (κ2) is 8.16. The number of ether oxygens (including phenoxy) is 1. The van der Waals surface area contributed by atoms with Crippen LogP contribution in [-0.4, -0.2) is 23.0 Å². The van der Waals surface area contributed by atoms with Gasteiger partial charge < -0.3 is 15.0 Å². The summed E-state index contributed by atoms with van der Waals surface area (Å²) in [6, 6.07) is 20.6. The van der Waals surface area contributed by atoms with Crippen molar-refractivity contribution >= 4 is 11.7 Å². The highest BCUT2D eigenvalue weighted by molar-refractivity contribution is 5.89. The summed E-state index contributed by atoms with van der Waals surface area (Å²) in [5.41, 5.74) is 2.69. The van der Waals surface area contributed by atoms with Crippen LogP contribution >= 0.6 is 0 Å². The third-order valence-corrected chi connectivity index (χ3v) is 3.80. The van der Waals surface area contributed by atoms with Crippen molar-refractivity contribution in [3.8, 4) is 11.5 Å². The molecule has 5 nitrogen and oxygen atoms in total. The first-order chi connectivity index (χ1) is 12.6. The number of hydrogen-bond acceptors (Lipinski definition) is 3. The molecule has 1 aromatic heterocycles. The topological polar surface area (TPSA) is 54.5 Å². The first-order valence-electron chi connectivity index (χ1n) is 8.37. The van der Waals surface area contributed by atoms with Gasteiger partial charge in [0.1, 0.15) is 11.5 Å². The Kier molecular flexibility index (Phi) is 5.49. The van der Waals surface area contributed by atoms with Gasteiger partial charge in [-0.1, -0.05) is 18.2 Å². The van der Waals surface area contributed by atoms with E-state index in [1.807, 2.05) is 73.7 Å². The van der Waals surface area contributed by atoms with Gasteiger partial charge in [-0.05, 0) is 61.0 Å². The minimum Gasteiger partial charge on any atom is -0.457 e. The number of nitrogens with zero attached hydrogens (tertiary/aromatic N) is 2. The molecule has 0 bridgehead atoms. The molecule has 0 spiro atoms. The molecule has 0 aliphatic rings. The molecule has 5 heteroatoms. The van der Waals surface area contributed by atoms with Crippen LogP contribution in [0.3, 0.4) is 0 Å². The molecule has 0 aliphatic heterocycles. The first-order valence-corrected chi connectivity index (χ1v) is 8.37. The van der Waals surface area contributed by atoms with E-state index >= 15 is 0 Å². The normalized spacial score (nSPS) is 10.2. The molecule has 0 radical (unpaired) electrons. The van der Waals surface area contributed by atoms with Crippen molar-refractivity contribution < 1.29 is 9.53 Å². The van der Waals surface area contributed by atoms with Crippen molar-refractivity contribution in [3.63, 3.8) is 0 Å². The average Bonchev–Trinajstić information content (AvgIpc) is 2.64. The molecule has 0 saturated carbocycles. The first kappa shape index (κ1) is 17.5. The van der Waals surface area contributed by atoms with Gasteiger partial charge in [0.15, 0.2) is 0 Å². The largest absolute Gasteiger partial charge is 0.457 e. The standard InChI is InChI=1S/C21H21N3O2/c1-16-6-5-8-20(14-16)26-19-11-9-17(10-12-19)23-21(25)24(2)15-18-7-3-4-13-22-18/h3-14H,15H2,1-2H3,(H,23,25). The number of nitrogens with one attached hydrogen (secondary N) is 1. The van der Waals surface area contributed by atoms with Crippen LogP contribution in [0, 0.1) is 6.92 Å². The molecule has 2 aromatic carbocycles. The number of amides is 2. The molecule has 132 valence electrons. The minimum atomic E-state index is -0.192. The Morgan fingerprint density at radius 3 is 2.54 bits per heavy atom. The fourth-order valence-corrected chi connectivity index (χ4v) is 2.45. The van der Waals surface area contributed by atoms with Crippen molar-refractivity contribution in [3.05, 3.63) is 84.2 Å². The molecule has 0 saturated heterocycles. The maximum Gasteiger partial charge on any atom is 0.321 e. The SMILES string of the molecule is Cc1cccc(Oc2ccc(NC(=O)N(C)Cc3ccccn3)cc2)c1. The molecule has 3 rings (SSSR count). The Morgan fingerprint density at radius 1 is 1.04 bits per heavy atom. The number of carbonyl (C=O) groups excluding carboxylic acids is 1. The van der Waals surface area contributed by atoms with Crippen molar-refractivity contribution in [2.45, 2.75) is 13.5 Å². The van der Waals surface area contributed by atoms with Gasteiger partial charge in [0.2, 0.25) is 0 Å². The summed E-state index contributed by atoms with van der Waals surface area (Å²) in [5, 5.41) is 2.87. The highest BCUT2D eigenvalue weighted by atomic mass is 16.5. The van der Waals surface area contributed by atoms with E-state index in [1.165, 1.54) is 0 Å². The lowest BCUT2D eigenvalue weighted by Gasteiger charge is -2.17. The van der Waals surface area contributed by atoms with Gasteiger partial charge in [-0.3, -0.25) is 4.98 Å². The van der Waals surface area contributed by atoms with Crippen LogP contribution in [0.2, 0.25) is 0 Å². The van der Waals surface area contributed by atoms with Gasteiger partial charge in [-0.2, -0.15) is 0 Å². The summed E-state index contributed by atoms with van der Waals surface area (Å²) < 4.78 is 5.81. The number of aryl methyl sites for hydroxylation is 1. The number of anilines is 1. The number of benzene rings is 2. The monoisotopic (exact) mass is 347 g/mol. The number of aromatic nitrogens is 1. The predicted molar refractivity (Wildman–Crippen MR) is 102 cm³/mol. The van der Waals surface area contributed by atoms with Crippen LogP contribution in [0.4, 0.5) is 10.5 Å². The Hall–Kier alpha value is -3.34. The van der Waals surface area contributed by atoms with Crippen LogP contribution in [-0.2, 0) is 6.54 Å². The highest BCUT2D eigenvalue weighted by Crippen LogP contribution is 2.23. The molecule has 1 heterocycles. The molecule has 26 heavy (non-hydrogen) atoms. The van der Waals surface area contributed by atoms with Crippen LogP contribution in [0.15, 0.2) is 72.9 Å². The van der Waals surface area contributed by atoms with E-state index in [0.717, 1.165) is 22.8 Å². The Labute approximate surface area is 153 Å². The lowest BCUT2D eigenvalue weighted by molar-refractivity contribution is 0.220. The summed E-state index contributed by atoms with van der Waals surface area (Å²) in [5.74, 6) is 1.51. The fraction of sp³-hybridized carbons (Fsp3) is 0.143. The maximum atomic E-state index is 12.3. The Balaban J connectivity index is 1.57. The van der Waals surface area contributed by atoms with E-state index in [2.05, 4.69) is 10.3 Å². The number of rotatable bonds is 5. The second-order valence-corrected chi connectivity index (χ2v) is 6.05. The third-order valence-electron chi connectivity index (χ3n) is 3.80. The Bertz CT molecular complexity index is 864. The summed E-state index contributed by atoms with van der Waals surface area (Å²) in [6.45, 7) is 2.47. The third kappa shape index (κ3) is 4.83. The van der Waals surface area contributed by atoms with Gasteiger partial charge in [-0.15, -0.1) is 0 Å². The Morgan fingerprint density at radius 2 is 1.85 bits per heavy atom.